The molecule has 8 nitrogen and oxygen atoms in total. The second-order valence-electron chi connectivity index (χ2n) is 8.91. The summed E-state index contributed by atoms with van der Waals surface area (Å²) in [5, 5.41) is 21.6. The molecule has 1 aliphatic rings. The van der Waals surface area contributed by atoms with Crippen LogP contribution in [0.5, 0.6) is 17.2 Å². The number of carbonyl (C=O) groups excluding carboxylic acids is 2. The number of hydrogen-bond acceptors (Lipinski definition) is 7. The Balaban J connectivity index is 2.09. The number of rotatable bonds is 13. The van der Waals surface area contributed by atoms with Gasteiger partial charge in [0.1, 0.15) is 11.5 Å². The number of ether oxygens (including phenoxy) is 2. The van der Waals surface area contributed by atoms with E-state index in [1.165, 1.54) is 11.0 Å². The number of amides is 1. The molecular formula is C29H38N2O6. The molecular weight excluding hydrogens is 472 g/mol. The van der Waals surface area contributed by atoms with E-state index in [9.17, 15) is 19.8 Å². The number of aromatic hydroxyl groups is 1. The molecule has 0 aromatic heterocycles. The zero-order valence-electron chi connectivity index (χ0n) is 22.2. The van der Waals surface area contributed by atoms with Gasteiger partial charge in [-0.3, -0.25) is 9.59 Å². The van der Waals surface area contributed by atoms with Crippen LogP contribution in [0.2, 0.25) is 0 Å². The van der Waals surface area contributed by atoms with Gasteiger partial charge in [0.05, 0.1) is 24.8 Å². The molecule has 1 saturated heterocycles. The average molecular weight is 511 g/mol. The molecule has 0 saturated carbocycles. The molecule has 200 valence electrons. The van der Waals surface area contributed by atoms with Crippen molar-refractivity contribution < 1.29 is 29.3 Å². The predicted octanol–water partition coefficient (Wildman–Crippen LogP) is 4.73. The highest BCUT2D eigenvalue weighted by Crippen LogP contribution is 2.42. The monoisotopic (exact) mass is 510 g/mol. The van der Waals surface area contributed by atoms with Crippen LogP contribution in [0.4, 0.5) is 0 Å². The van der Waals surface area contributed by atoms with Crippen molar-refractivity contribution in [2.45, 2.75) is 46.6 Å². The minimum Gasteiger partial charge on any atom is -0.507 e. The van der Waals surface area contributed by atoms with Gasteiger partial charge in [-0.15, -0.1) is 0 Å². The van der Waals surface area contributed by atoms with Gasteiger partial charge < -0.3 is 29.5 Å². The largest absolute Gasteiger partial charge is 0.507 e. The fraction of sp³-hybridized carbons (Fsp3) is 0.448. The number of carbonyl (C=O) groups is 2. The van der Waals surface area contributed by atoms with Crippen molar-refractivity contribution in [3.63, 3.8) is 0 Å². The zero-order valence-corrected chi connectivity index (χ0v) is 22.2. The summed E-state index contributed by atoms with van der Waals surface area (Å²) in [6.07, 6.45) is 1.89. The summed E-state index contributed by atoms with van der Waals surface area (Å²) in [4.78, 5) is 30.2. The minimum absolute atomic E-state index is 0.00314. The molecule has 2 N–H and O–H groups in total. The first-order valence-electron chi connectivity index (χ1n) is 13.1. The number of aliphatic hydroxyl groups is 1. The van der Waals surface area contributed by atoms with Crippen molar-refractivity contribution in [1.82, 2.24) is 9.80 Å². The first-order valence-corrected chi connectivity index (χ1v) is 13.1. The van der Waals surface area contributed by atoms with Crippen molar-refractivity contribution in [3.8, 4) is 17.2 Å². The summed E-state index contributed by atoms with van der Waals surface area (Å²) in [6.45, 7) is 11.3. The highest BCUT2D eigenvalue weighted by molar-refractivity contribution is 6.46. The Morgan fingerprint density at radius 2 is 1.78 bits per heavy atom. The van der Waals surface area contributed by atoms with Gasteiger partial charge in [-0.2, -0.15) is 0 Å². The second-order valence-corrected chi connectivity index (χ2v) is 8.91. The number of likely N-dealkylation sites (tertiary alicyclic amines) is 1. The maximum Gasteiger partial charge on any atom is 0.295 e. The SMILES string of the molecule is CCCCOc1cccc(/C(O)=C2\C(=O)C(=O)N(CCN(CC)CC)C2c2ccc(O)c(OCC)c2)c1. The zero-order chi connectivity index (χ0) is 26.9. The molecule has 8 heteroatoms. The van der Waals surface area contributed by atoms with Crippen molar-refractivity contribution >= 4 is 17.4 Å². The van der Waals surface area contributed by atoms with Crippen molar-refractivity contribution in [1.29, 1.82) is 0 Å². The topological polar surface area (TPSA) is 99.5 Å². The molecule has 37 heavy (non-hydrogen) atoms. The summed E-state index contributed by atoms with van der Waals surface area (Å²) in [6, 6.07) is 10.8. The highest BCUT2D eigenvalue weighted by Gasteiger charge is 2.46. The highest BCUT2D eigenvalue weighted by atomic mass is 16.5. The Labute approximate surface area is 219 Å². The normalized spacial score (nSPS) is 17.0. The lowest BCUT2D eigenvalue weighted by Gasteiger charge is -2.28. The standard InChI is InChI=1S/C29H38N2O6/c1-5-9-17-37-22-12-10-11-21(18-22)27(33)25-26(20-13-14-23(32)24(19-20)36-8-4)31(29(35)28(25)34)16-15-30(6-2)7-3/h10-14,18-19,26,32-33H,5-9,15-17H2,1-4H3/b27-25+. The number of hydrogen-bond donors (Lipinski definition) is 2. The Bertz CT molecular complexity index is 1130. The van der Waals surface area contributed by atoms with Crippen LogP contribution in [0, 0.1) is 0 Å². The fourth-order valence-electron chi connectivity index (χ4n) is 4.44. The van der Waals surface area contributed by atoms with Gasteiger partial charge in [-0.1, -0.05) is 45.4 Å². The Morgan fingerprint density at radius 3 is 2.46 bits per heavy atom. The van der Waals surface area contributed by atoms with Crippen LogP contribution in [0.3, 0.4) is 0 Å². The van der Waals surface area contributed by atoms with Crippen molar-refractivity contribution in [2.75, 3.05) is 39.4 Å². The molecule has 1 amide bonds. The van der Waals surface area contributed by atoms with Crippen LogP contribution in [0.25, 0.3) is 5.76 Å². The second kappa shape index (κ2) is 13.1. The molecule has 1 heterocycles. The molecule has 1 unspecified atom stereocenters. The molecule has 1 fully saturated rings. The Morgan fingerprint density at radius 1 is 1.03 bits per heavy atom. The number of unbranched alkanes of at least 4 members (excludes halogenated alkanes) is 1. The molecule has 3 rings (SSSR count). The van der Waals surface area contributed by atoms with Gasteiger partial charge >= 0.3 is 0 Å². The Kier molecular flexibility index (Phi) is 9.97. The van der Waals surface area contributed by atoms with E-state index < -0.39 is 17.7 Å². The summed E-state index contributed by atoms with van der Waals surface area (Å²) in [5.41, 5.74) is 0.963. The number of ketones is 1. The fourth-order valence-corrected chi connectivity index (χ4v) is 4.44. The molecule has 0 bridgehead atoms. The molecule has 2 aromatic rings. The van der Waals surface area contributed by atoms with Crippen LogP contribution < -0.4 is 9.47 Å². The lowest BCUT2D eigenvalue weighted by atomic mass is 9.95. The maximum atomic E-state index is 13.3. The number of Topliss-reactive ketones (excluding diaryl/α,β-unsaturated/α-hetero) is 1. The van der Waals surface area contributed by atoms with E-state index in [0.717, 1.165) is 25.9 Å². The number of nitrogens with zero attached hydrogens (tertiary/aromatic N) is 2. The van der Waals surface area contributed by atoms with Gasteiger partial charge in [0.2, 0.25) is 0 Å². The third kappa shape index (κ3) is 6.43. The van der Waals surface area contributed by atoms with E-state index in [4.69, 9.17) is 9.47 Å². The van der Waals surface area contributed by atoms with E-state index in [0.29, 0.717) is 43.2 Å². The molecule has 0 radical (unpaired) electrons. The van der Waals surface area contributed by atoms with Crippen molar-refractivity contribution in [2.24, 2.45) is 0 Å². The summed E-state index contributed by atoms with van der Waals surface area (Å²) in [7, 11) is 0. The van der Waals surface area contributed by atoms with E-state index >= 15 is 0 Å². The van der Waals surface area contributed by atoms with Crippen LogP contribution >= 0.6 is 0 Å². The quantitative estimate of drug-likeness (QED) is 0.174. The summed E-state index contributed by atoms with van der Waals surface area (Å²) < 4.78 is 11.3. The van der Waals surface area contributed by atoms with Gasteiger partial charge in [-0.05, 0) is 56.3 Å². The minimum atomic E-state index is -0.833. The number of phenols is 1. The van der Waals surface area contributed by atoms with Crippen molar-refractivity contribution in [3.05, 3.63) is 59.2 Å². The lowest BCUT2D eigenvalue weighted by Crippen LogP contribution is -2.38. The Hall–Kier alpha value is -3.52. The van der Waals surface area contributed by atoms with Gasteiger partial charge in [-0.25, -0.2) is 0 Å². The van der Waals surface area contributed by atoms with Crippen LogP contribution in [-0.2, 0) is 9.59 Å². The van der Waals surface area contributed by atoms with Crippen LogP contribution in [0.15, 0.2) is 48.0 Å². The molecule has 1 atom stereocenters. The number of aliphatic hydroxyl groups excluding tert-OH is 1. The number of phenolic OH excluding ortho intramolecular Hbond substituents is 1. The maximum absolute atomic E-state index is 13.3. The van der Waals surface area contributed by atoms with E-state index in [2.05, 4.69) is 11.8 Å². The molecule has 2 aromatic carbocycles. The van der Waals surface area contributed by atoms with Gasteiger partial charge in [0, 0.05) is 18.7 Å². The smallest absolute Gasteiger partial charge is 0.295 e. The molecule has 0 spiro atoms. The summed E-state index contributed by atoms with van der Waals surface area (Å²) >= 11 is 0. The first kappa shape index (κ1) is 28.1. The van der Waals surface area contributed by atoms with Crippen LogP contribution in [0.1, 0.15) is 57.7 Å². The summed E-state index contributed by atoms with van der Waals surface area (Å²) in [5.74, 6) is -0.887. The average Bonchev–Trinajstić information content (AvgIpc) is 3.15. The van der Waals surface area contributed by atoms with Gasteiger partial charge in [0.25, 0.3) is 11.7 Å². The van der Waals surface area contributed by atoms with Crippen LogP contribution in [-0.4, -0.2) is 71.1 Å². The first-order chi connectivity index (χ1) is 17.9. The van der Waals surface area contributed by atoms with Gasteiger partial charge in [0.15, 0.2) is 11.5 Å². The third-order valence-electron chi connectivity index (χ3n) is 6.57. The number of benzene rings is 2. The predicted molar refractivity (Wildman–Crippen MR) is 143 cm³/mol. The molecule has 0 aliphatic carbocycles. The van der Waals surface area contributed by atoms with E-state index in [1.54, 1.807) is 43.3 Å². The number of likely N-dealkylation sites (N-methyl/N-ethyl adjacent to an activating group) is 1. The lowest BCUT2D eigenvalue weighted by molar-refractivity contribution is -0.140. The molecule has 1 aliphatic heterocycles. The van der Waals surface area contributed by atoms with E-state index in [1.807, 2.05) is 13.8 Å². The third-order valence-corrected chi connectivity index (χ3v) is 6.57. The van der Waals surface area contributed by atoms with E-state index in [-0.39, 0.29) is 22.8 Å².